The van der Waals surface area contributed by atoms with E-state index in [0.717, 1.165) is 23.5 Å². The van der Waals surface area contributed by atoms with Gasteiger partial charge in [0.25, 0.3) is 0 Å². The Morgan fingerprint density at radius 3 is 2.78 bits per heavy atom. The average Bonchev–Trinajstić information content (AvgIpc) is 2.90. The maximum Gasteiger partial charge on any atom is 0.153 e. The third-order valence-electron chi connectivity index (χ3n) is 3.94. The number of rotatable bonds is 5. The molecule has 2 rings (SSSR count). The largest absolute Gasteiger partial charge is 0.308 e. The lowest BCUT2D eigenvalue weighted by atomic mass is 9.94. The average molecular weight is 315 g/mol. The Balaban J connectivity index is 2.19. The van der Waals surface area contributed by atoms with E-state index >= 15 is 0 Å². The van der Waals surface area contributed by atoms with Crippen LogP contribution in [-0.4, -0.2) is 21.5 Å². The van der Waals surface area contributed by atoms with Crippen LogP contribution in [0.4, 0.5) is 0 Å². The van der Waals surface area contributed by atoms with Gasteiger partial charge in [0.05, 0.1) is 11.7 Å². The summed E-state index contributed by atoms with van der Waals surface area (Å²) < 4.78 is 2.79. The molecule has 18 heavy (non-hydrogen) atoms. The zero-order valence-corrected chi connectivity index (χ0v) is 13.1. The first-order valence-corrected chi connectivity index (χ1v) is 7.71. The molecule has 1 aliphatic carbocycles. The van der Waals surface area contributed by atoms with Crippen molar-refractivity contribution in [3.05, 3.63) is 10.3 Å². The molecular weight excluding hydrogens is 292 g/mol. The first-order valence-electron chi connectivity index (χ1n) is 6.92. The maximum atomic E-state index is 4.13. The highest BCUT2D eigenvalue weighted by molar-refractivity contribution is 9.10. The van der Waals surface area contributed by atoms with E-state index < -0.39 is 0 Å². The Morgan fingerprint density at radius 1 is 1.50 bits per heavy atom. The maximum absolute atomic E-state index is 4.13. The molecule has 0 aliphatic heterocycles. The first-order chi connectivity index (χ1) is 8.63. The summed E-state index contributed by atoms with van der Waals surface area (Å²) in [5, 5.41) is 11.9. The minimum Gasteiger partial charge on any atom is -0.308 e. The van der Waals surface area contributed by atoms with E-state index in [2.05, 4.69) is 45.4 Å². The molecule has 1 heterocycles. The van der Waals surface area contributed by atoms with Crippen molar-refractivity contribution in [1.29, 1.82) is 0 Å². The molecule has 102 valence electrons. The summed E-state index contributed by atoms with van der Waals surface area (Å²) in [5.41, 5.74) is 1.20. The minimum absolute atomic E-state index is 0.379. The van der Waals surface area contributed by atoms with Crippen molar-refractivity contribution in [3.63, 3.8) is 0 Å². The van der Waals surface area contributed by atoms with Crippen molar-refractivity contribution in [1.82, 2.24) is 20.3 Å². The Morgan fingerprint density at radius 2 is 2.28 bits per heavy atom. The molecule has 0 spiro atoms. The van der Waals surface area contributed by atoms with Crippen molar-refractivity contribution in [2.45, 2.75) is 45.6 Å². The Hall–Kier alpha value is -0.420. The van der Waals surface area contributed by atoms with E-state index in [0.29, 0.717) is 12.0 Å². The van der Waals surface area contributed by atoms with Gasteiger partial charge in [0.1, 0.15) is 0 Å². The second-order valence-corrected chi connectivity index (χ2v) is 6.25. The topological polar surface area (TPSA) is 42.7 Å². The fraction of sp³-hybridized carbons (Fsp3) is 0.846. The molecule has 0 radical (unpaired) electrons. The van der Waals surface area contributed by atoms with Crippen LogP contribution in [0.1, 0.15) is 51.3 Å². The highest BCUT2D eigenvalue weighted by Crippen LogP contribution is 2.40. The number of hydrogen-bond acceptors (Lipinski definition) is 3. The summed E-state index contributed by atoms with van der Waals surface area (Å²) in [4.78, 5) is 0. The van der Waals surface area contributed by atoms with Gasteiger partial charge in [0, 0.05) is 7.05 Å². The van der Waals surface area contributed by atoms with Crippen molar-refractivity contribution < 1.29 is 0 Å². The van der Waals surface area contributed by atoms with E-state index in [4.69, 9.17) is 0 Å². The van der Waals surface area contributed by atoms with Gasteiger partial charge in [-0.1, -0.05) is 25.5 Å². The molecule has 1 saturated carbocycles. The zero-order valence-electron chi connectivity index (χ0n) is 11.5. The quantitative estimate of drug-likeness (QED) is 0.908. The van der Waals surface area contributed by atoms with E-state index in [-0.39, 0.29) is 0 Å². The minimum atomic E-state index is 0.379. The predicted octanol–water partition coefficient (Wildman–Crippen LogP) is 3.05. The van der Waals surface area contributed by atoms with Gasteiger partial charge in [-0.05, 0) is 53.6 Å². The fourth-order valence-corrected chi connectivity index (χ4v) is 3.58. The monoisotopic (exact) mass is 314 g/mol. The molecule has 0 aromatic carbocycles. The Labute approximate surface area is 118 Å². The zero-order chi connectivity index (χ0) is 13.1. The van der Waals surface area contributed by atoms with Gasteiger partial charge in [-0.25, -0.2) is 4.68 Å². The van der Waals surface area contributed by atoms with Crippen LogP contribution in [0, 0.1) is 11.8 Å². The highest BCUT2D eigenvalue weighted by Gasteiger charge is 2.32. The lowest BCUT2D eigenvalue weighted by Crippen LogP contribution is -2.30. The number of aryl methyl sites for hydroxylation is 1. The molecule has 1 fully saturated rings. The van der Waals surface area contributed by atoms with Crippen LogP contribution in [0.2, 0.25) is 0 Å². The summed E-state index contributed by atoms with van der Waals surface area (Å²) in [6.07, 6.45) is 5.11. The second kappa shape index (κ2) is 6.15. The fourth-order valence-electron chi connectivity index (χ4n) is 3.01. The number of hydrogen-bond donors (Lipinski definition) is 1. The molecule has 1 aromatic heterocycles. The summed E-state index contributed by atoms with van der Waals surface area (Å²) in [7, 11) is 1.98. The van der Waals surface area contributed by atoms with E-state index in [1.54, 1.807) is 0 Å². The Bertz CT molecular complexity index is 371. The molecule has 0 amide bonds. The summed E-state index contributed by atoms with van der Waals surface area (Å²) in [6, 6.07) is 0.379. The number of aromatic nitrogens is 3. The second-order valence-electron chi connectivity index (χ2n) is 5.50. The van der Waals surface area contributed by atoms with E-state index in [1.165, 1.54) is 25.0 Å². The van der Waals surface area contributed by atoms with Crippen LogP contribution < -0.4 is 5.32 Å². The van der Waals surface area contributed by atoms with Crippen molar-refractivity contribution in [2.24, 2.45) is 18.9 Å². The predicted molar refractivity (Wildman–Crippen MR) is 76.2 cm³/mol. The number of nitrogens with one attached hydrogen (secondary N) is 1. The molecule has 3 atom stereocenters. The van der Waals surface area contributed by atoms with E-state index in [9.17, 15) is 0 Å². The van der Waals surface area contributed by atoms with Gasteiger partial charge in [-0.3, -0.25) is 0 Å². The van der Waals surface area contributed by atoms with Crippen molar-refractivity contribution in [2.75, 3.05) is 6.54 Å². The number of halogens is 1. The number of nitrogens with zero attached hydrogens (tertiary/aromatic N) is 3. The van der Waals surface area contributed by atoms with Crippen LogP contribution in [0.25, 0.3) is 0 Å². The van der Waals surface area contributed by atoms with Crippen molar-refractivity contribution >= 4 is 15.9 Å². The summed E-state index contributed by atoms with van der Waals surface area (Å²) >= 11 is 3.54. The summed E-state index contributed by atoms with van der Waals surface area (Å²) in [6.45, 7) is 5.61. The lowest BCUT2D eigenvalue weighted by Gasteiger charge is -2.25. The van der Waals surface area contributed by atoms with Gasteiger partial charge < -0.3 is 5.32 Å². The summed E-state index contributed by atoms with van der Waals surface area (Å²) in [5.74, 6) is 1.56. The smallest absolute Gasteiger partial charge is 0.153 e. The molecule has 5 heteroatoms. The molecule has 1 N–H and O–H groups in total. The molecule has 0 saturated heterocycles. The van der Waals surface area contributed by atoms with Crippen LogP contribution in [0.3, 0.4) is 0 Å². The van der Waals surface area contributed by atoms with Crippen molar-refractivity contribution in [3.8, 4) is 0 Å². The Kier molecular flexibility index (Phi) is 4.78. The lowest BCUT2D eigenvalue weighted by molar-refractivity contribution is 0.342. The molecule has 1 aromatic rings. The molecule has 1 aliphatic rings. The molecule has 3 unspecified atom stereocenters. The first kappa shape index (κ1) is 14.0. The van der Waals surface area contributed by atoms with E-state index in [1.807, 2.05) is 11.7 Å². The highest BCUT2D eigenvalue weighted by atomic mass is 79.9. The van der Waals surface area contributed by atoms with Gasteiger partial charge in [0.2, 0.25) is 0 Å². The molecule has 4 nitrogen and oxygen atoms in total. The molecule has 0 bridgehead atoms. The van der Waals surface area contributed by atoms with Gasteiger partial charge >= 0.3 is 0 Å². The van der Waals surface area contributed by atoms with Crippen LogP contribution in [-0.2, 0) is 7.05 Å². The normalized spacial score (nSPS) is 25.6. The van der Waals surface area contributed by atoms with Crippen LogP contribution in [0.5, 0.6) is 0 Å². The third kappa shape index (κ3) is 2.94. The van der Waals surface area contributed by atoms with Gasteiger partial charge in [-0.15, -0.1) is 5.10 Å². The van der Waals surface area contributed by atoms with Gasteiger partial charge in [0.15, 0.2) is 4.60 Å². The van der Waals surface area contributed by atoms with Crippen LogP contribution >= 0.6 is 15.9 Å². The molecular formula is C13H23BrN4. The standard InChI is InChI=1S/C13H23BrN4/c1-4-7-15-11(10-6-5-9(2)8-10)12-13(14)16-17-18(12)3/h9-11,15H,4-8H2,1-3H3. The van der Waals surface area contributed by atoms with Crippen LogP contribution in [0.15, 0.2) is 4.60 Å². The SMILES string of the molecule is CCCNC(c1c(Br)nnn1C)C1CCC(C)C1. The third-order valence-corrected chi connectivity index (χ3v) is 4.51. The van der Waals surface area contributed by atoms with Gasteiger partial charge in [-0.2, -0.15) is 0 Å².